The summed E-state index contributed by atoms with van der Waals surface area (Å²) in [6.07, 6.45) is 0.953. The second kappa shape index (κ2) is 5.39. The van der Waals surface area contributed by atoms with Crippen molar-refractivity contribution in [3.8, 4) is 0 Å². The van der Waals surface area contributed by atoms with Crippen molar-refractivity contribution in [3.63, 3.8) is 0 Å². The Hall–Kier alpha value is -1.90. The Morgan fingerprint density at radius 3 is 2.68 bits per heavy atom. The molecule has 0 radical (unpaired) electrons. The summed E-state index contributed by atoms with van der Waals surface area (Å²) in [5, 5.41) is 3.88. The minimum Gasteiger partial charge on any atom is -0.350 e. The lowest BCUT2D eigenvalue weighted by atomic mass is 10.0. The number of benzene rings is 1. The molecular formula is C16H20N2O. The fourth-order valence-corrected chi connectivity index (χ4v) is 2.15. The number of nitrogens with zero attached hydrogens (tertiary/aromatic N) is 1. The third-order valence-corrected chi connectivity index (χ3v) is 3.07. The SMILES string of the molecule is CCc1ccc2nc(C)cc(C(=O)NC(C)C)c2c1. The molecule has 0 aliphatic heterocycles. The molecule has 2 aromatic rings. The van der Waals surface area contributed by atoms with Crippen LogP contribution in [0.4, 0.5) is 0 Å². The zero-order valence-corrected chi connectivity index (χ0v) is 11.9. The summed E-state index contributed by atoms with van der Waals surface area (Å²) in [6.45, 7) is 7.95. The minimum absolute atomic E-state index is 0.0289. The zero-order chi connectivity index (χ0) is 14.0. The molecule has 1 N–H and O–H groups in total. The van der Waals surface area contributed by atoms with Gasteiger partial charge in [-0.05, 0) is 51.0 Å². The summed E-state index contributed by atoms with van der Waals surface area (Å²) in [7, 11) is 0. The Kier molecular flexibility index (Phi) is 3.84. The first-order chi connectivity index (χ1) is 9.01. The van der Waals surface area contributed by atoms with Crippen molar-refractivity contribution in [2.75, 3.05) is 0 Å². The molecule has 0 bridgehead atoms. The average molecular weight is 256 g/mol. The molecular weight excluding hydrogens is 236 g/mol. The summed E-state index contributed by atoms with van der Waals surface area (Å²) in [6, 6.07) is 8.12. The first kappa shape index (κ1) is 13.5. The predicted molar refractivity (Wildman–Crippen MR) is 78.5 cm³/mol. The van der Waals surface area contributed by atoms with E-state index in [4.69, 9.17) is 0 Å². The Balaban J connectivity index is 2.60. The minimum atomic E-state index is -0.0289. The number of rotatable bonds is 3. The highest BCUT2D eigenvalue weighted by Crippen LogP contribution is 2.20. The molecule has 0 saturated heterocycles. The van der Waals surface area contributed by atoms with E-state index in [0.29, 0.717) is 5.56 Å². The number of hydrogen-bond acceptors (Lipinski definition) is 2. The van der Waals surface area contributed by atoms with Crippen LogP contribution in [0.2, 0.25) is 0 Å². The van der Waals surface area contributed by atoms with E-state index in [2.05, 4.69) is 29.4 Å². The van der Waals surface area contributed by atoms with E-state index in [-0.39, 0.29) is 11.9 Å². The second-order valence-electron chi connectivity index (χ2n) is 5.14. The second-order valence-corrected chi connectivity index (χ2v) is 5.14. The van der Waals surface area contributed by atoms with Crippen LogP contribution in [0.5, 0.6) is 0 Å². The fraction of sp³-hybridized carbons (Fsp3) is 0.375. The molecule has 0 spiro atoms. The number of hydrogen-bond donors (Lipinski definition) is 1. The number of pyridine rings is 1. The van der Waals surface area contributed by atoms with E-state index in [0.717, 1.165) is 23.0 Å². The van der Waals surface area contributed by atoms with E-state index in [9.17, 15) is 4.79 Å². The lowest BCUT2D eigenvalue weighted by Crippen LogP contribution is -2.30. The van der Waals surface area contributed by atoms with Crippen LogP contribution in [0.1, 0.15) is 42.4 Å². The first-order valence-electron chi connectivity index (χ1n) is 6.72. The van der Waals surface area contributed by atoms with Gasteiger partial charge in [0.25, 0.3) is 5.91 Å². The van der Waals surface area contributed by atoms with Crippen LogP contribution in [-0.2, 0) is 6.42 Å². The Morgan fingerprint density at radius 2 is 2.05 bits per heavy atom. The monoisotopic (exact) mass is 256 g/mol. The molecule has 0 aliphatic rings. The summed E-state index contributed by atoms with van der Waals surface area (Å²) in [5.74, 6) is -0.0289. The maximum absolute atomic E-state index is 12.3. The largest absolute Gasteiger partial charge is 0.350 e. The average Bonchev–Trinajstić information content (AvgIpc) is 2.36. The van der Waals surface area contributed by atoms with Crippen molar-refractivity contribution in [1.29, 1.82) is 0 Å². The standard InChI is InChI=1S/C16H20N2O/c1-5-12-6-7-15-13(9-12)14(8-11(4)18-15)16(19)17-10(2)3/h6-10H,5H2,1-4H3,(H,17,19). The van der Waals surface area contributed by atoms with Crippen LogP contribution in [-0.4, -0.2) is 16.9 Å². The smallest absolute Gasteiger partial charge is 0.252 e. The van der Waals surface area contributed by atoms with Gasteiger partial charge < -0.3 is 5.32 Å². The molecule has 0 atom stereocenters. The van der Waals surface area contributed by atoms with Gasteiger partial charge in [0.15, 0.2) is 0 Å². The number of fused-ring (bicyclic) bond motifs is 1. The third-order valence-electron chi connectivity index (χ3n) is 3.07. The van der Waals surface area contributed by atoms with E-state index >= 15 is 0 Å². The molecule has 0 unspecified atom stereocenters. The third kappa shape index (κ3) is 2.92. The van der Waals surface area contributed by atoms with E-state index in [1.54, 1.807) is 0 Å². The normalized spacial score (nSPS) is 11.0. The van der Waals surface area contributed by atoms with Gasteiger partial charge in [0, 0.05) is 17.1 Å². The summed E-state index contributed by atoms with van der Waals surface area (Å²) in [5.41, 5.74) is 3.68. The van der Waals surface area contributed by atoms with Crippen molar-refractivity contribution in [1.82, 2.24) is 10.3 Å². The van der Waals surface area contributed by atoms with Gasteiger partial charge in [0.1, 0.15) is 0 Å². The van der Waals surface area contributed by atoms with Crippen molar-refractivity contribution >= 4 is 16.8 Å². The molecule has 3 nitrogen and oxygen atoms in total. The molecule has 1 aromatic heterocycles. The topological polar surface area (TPSA) is 42.0 Å². The van der Waals surface area contributed by atoms with Gasteiger partial charge >= 0.3 is 0 Å². The van der Waals surface area contributed by atoms with Crippen molar-refractivity contribution in [3.05, 3.63) is 41.1 Å². The van der Waals surface area contributed by atoms with Crippen molar-refractivity contribution in [2.24, 2.45) is 0 Å². The van der Waals surface area contributed by atoms with Gasteiger partial charge in [0.05, 0.1) is 11.1 Å². The van der Waals surface area contributed by atoms with Gasteiger partial charge in [-0.15, -0.1) is 0 Å². The number of amides is 1. The Labute approximate surface area is 114 Å². The summed E-state index contributed by atoms with van der Waals surface area (Å²) >= 11 is 0. The number of aromatic nitrogens is 1. The molecule has 1 heterocycles. The lowest BCUT2D eigenvalue weighted by molar-refractivity contribution is 0.0944. The van der Waals surface area contributed by atoms with E-state index in [1.165, 1.54) is 5.56 Å². The zero-order valence-electron chi connectivity index (χ0n) is 11.9. The van der Waals surface area contributed by atoms with Gasteiger partial charge in [-0.25, -0.2) is 0 Å². The molecule has 1 amide bonds. The Bertz CT molecular complexity index is 617. The Morgan fingerprint density at radius 1 is 1.32 bits per heavy atom. The molecule has 100 valence electrons. The maximum Gasteiger partial charge on any atom is 0.252 e. The molecule has 2 rings (SSSR count). The summed E-state index contributed by atoms with van der Waals surface area (Å²) < 4.78 is 0. The van der Waals surface area contributed by atoms with Crippen LogP contribution >= 0.6 is 0 Å². The molecule has 0 aliphatic carbocycles. The van der Waals surface area contributed by atoms with Gasteiger partial charge in [-0.2, -0.15) is 0 Å². The lowest BCUT2D eigenvalue weighted by Gasteiger charge is -2.12. The van der Waals surface area contributed by atoms with Crippen molar-refractivity contribution < 1.29 is 4.79 Å². The van der Waals surface area contributed by atoms with E-state index < -0.39 is 0 Å². The number of carbonyl (C=O) groups is 1. The molecule has 19 heavy (non-hydrogen) atoms. The molecule has 0 fully saturated rings. The summed E-state index contributed by atoms with van der Waals surface area (Å²) in [4.78, 5) is 16.8. The van der Waals surface area contributed by atoms with Crippen LogP contribution in [0.25, 0.3) is 10.9 Å². The molecule has 3 heteroatoms. The number of carbonyl (C=O) groups excluding carboxylic acids is 1. The highest BCUT2D eigenvalue weighted by Gasteiger charge is 2.13. The van der Waals surface area contributed by atoms with Crippen LogP contribution in [0.3, 0.4) is 0 Å². The number of nitrogens with one attached hydrogen (secondary N) is 1. The quantitative estimate of drug-likeness (QED) is 0.916. The molecule has 1 aromatic carbocycles. The predicted octanol–water partition coefficient (Wildman–Crippen LogP) is 3.24. The van der Waals surface area contributed by atoms with Gasteiger partial charge in [-0.3, -0.25) is 9.78 Å². The first-order valence-corrected chi connectivity index (χ1v) is 6.72. The van der Waals surface area contributed by atoms with E-state index in [1.807, 2.05) is 32.9 Å². The van der Waals surface area contributed by atoms with Gasteiger partial charge in [-0.1, -0.05) is 13.0 Å². The molecule has 0 saturated carbocycles. The van der Waals surface area contributed by atoms with Crippen LogP contribution in [0.15, 0.2) is 24.3 Å². The number of aryl methyl sites for hydroxylation is 2. The van der Waals surface area contributed by atoms with Crippen LogP contribution in [0, 0.1) is 6.92 Å². The fourth-order valence-electron chi connectivity index (χ4n) is 2.15. The van der Waals surface area contributed by atoms with Gasteiger partial charge in [0.2, 0.25) is 0 Å². The van der Waals surface area contributed by atoms with Crippen LogP contribution < -0.4 is 5.32 Å². The van der Waals surface area contributed by atoms with Crippen molar-refractivity contribution in [2.45, 2.75) is 40.2 Å². The maximum atomic E-state index is 12.3. The highest BCUT2D eigenvalue weighted by molar-refractivity contribution is 6.06. The highest BCUT2D eigenvalue weighted by atomic mass is 16.1.